The summed E-state index contributed by atoms with van der Waals surface area (Å²) in [6, 6.07) is 6.46. The van der Waals surface area contributed by atoms with Crippen molar-refractivity contribution in [3.63, 3.8) is 0 Å². The molecule has 0 amide bonds. The molecule has 24 heavy (non-hydrogen) atoms. The minimum Gasteiger partial charge on any atom is -0.367 e. The lowest BCUT2D eigenvalue weighted by Crippen LogP contribution is -2.38. The first kappa shape index (κ1) is 15.8. The molecule has 0 aromatic carbocycles. The summed E-state index contributed by atoms with van der Waals surface area (Å²) in [5.74, 6) is 2.57. The Morgan fingerprint density at radius 1 is 1.08 bits per heavy atom. The fourth-order valence-electron chi connectivity index (χ4n) is 3.22. The number of hydrogen-bond acceptors (Lipinski definition) is 5. The molecule has 5 nitrogen and oxygen atoms in total. The maximum Gasteiger partial charge on any atom is 0.133 e. The molecule has 1 aliphatic heterocycles. The van der Waals surface area contributed by atoms with Crippen molar-refractivity contribution in [2.24, 2.45) is 0 Å². The van der Waals surface area contributed by atoms with Crippen LogP contribution in [0.1, 0.15) is 43.0 Å². The molecule has 2 fully saturated rings. The van der Waals surface area contributed by atoms with Crippen LogP contribution in [-0.2, 0) is 6.54 Å². The second-order valence-electron chi connectivity index (χ2n) is 6.72. The molecule has 0 unspecified atom stereocenters. The normalized spacial score (nSPS) is 19.4. The Morgan fingerprint density at radius 3 is 2.67 bits per heavy atom. The van der Waals surface area contributed by atoms with Crippen LogP contribution in [0.25, 0.3) is 0 Å². The van der Waals surface area contributed by atoms with E-state index in [-0.39, 0.29) is 0 Å². The van der Waals surface area contributed by atoms with E-state index < -0.39 is 0 Å². The highest BCUT2D eigenvalue weighted by Crippen LogP contribution is 2.38. The predicted molar refractivity (Wildman–Crippen MR) is 95.2 cm³/mol. The van der Waals surface area contributed by atoms with Crippen LogP contribution in [0.15, 0.2) is 30.6 Å². The average molecular weight is 344 g/mol. The van der Waals surface area contributed by atoms with Gasteiger partial charge in [-0.05, 0) is 37.8 Å². The lowest BCUT2D eigenvalue weighted by Gasteiger charge is -2.32. The third-order valence-corrected chi connectivity index (χ3v) is 5.13. The van der Waals surface area contributed by atoms with Gasteiger partial charge in [0, 0.05) is 49.6 Å². The highest BCUT2D eigenvalue weighted by atomic mass is 35.5. The molecule has 2 aliphatic rings. The quantitative estimate of drug-likeness (QED) is 0.842. The molecule has 0 atom stereocenters. The van der Waals surface area contributed by atoms with Crippen molar-refractivity contribution in [1.82, 2.24) is 19.9 Å². The van der Waals surface area contributed by atoms with Crippen LogP contribution >= 0.6 is 11.6 Å². The van der Waals surface area contributed by atoms with E-state index in [2.05, 4.69) is 31.2 Å². The standard InChI is InChI=1S/C18H22ClN5/c19-17-14(2-1-8-20-17)12-24-10-6-15(7-11-24)22-16-5-9-21-18(23-16)13-3-4-13/h1-2,5,8-9,13,15H,3-4,6-7,10-12H2,(H,21,22,23). The van der Waals surface area contributed by atoms with E-state index >= 15 is 0 Å². The molecule has 2 aromatic heterocycles. The van der Waals surface area contributed by atoms with E-state index in [0.29, 0.717) is 17.1 Å². The molecule has 0 radical (unpaired) electrons. The predicted octanol–water partition coefficient (Wildman–Crippen LogP) is 3.48. The fourth-order valence-corrected chi connectivity index (χ4v) is 3.39. The van der Waals surface area contributed by atoms with E-state index in [9.17, 15) is 0 Å². The zero-order valence-corrected chi connectivity index (χ0v) is 14.4. The lowest BCUT2D eigenvalue weighted by atomic mass is 10.0. The molecule has 0 spiro atoms. The number of nitrogens with one attached hydrogen (secondary N) is 1. The zero-order chi connectivity index (χ0) is 16.4. The molecule has 1 N–H and O–H groups in total. The summed E-state index contributed by atoms with van der Waals surface area (Å²) in [4.78, 5) is 15.6. The second kappa shape index (κ2) is 7.03. The number of halogens is 1. The summed E-state index contributed by atoms with van der Waals surface area (Å²) in [7, 11) is 0. The first-order valence-electron chi connectivity index (χ1n) is 8.69. The van der Waals surface area contributed by atoms with Gasteiger partial charge in [-0.3, -0.25) is 4.90 Å². The van der Waals surface area contributed by atoms with Gasteiger partial charge in [0.25, 0.3) is 0 Å². The summed E-state index contributed by atoms with van der Waals surface area (Å²) in [5.41, 5.74) is 1.11. The Hall–Kier alpha value is -1.72. The van der Waals surface area contributed by atoms with Crippen molar-refractivity contribution in [1.29, 1.82) is 0 Å². The van der Waals surface area contributed by atoms with E-state index in [1.54, 1.807) is 6.20 Å². The molecule has 3 heterocycles. The van der Waals surface area contributed by atoms with E-state index in [1.807, 2.05) is 18.3 Å². The third-order valence-electron chi connectivity index (χ3n) is 4.79. The van der Waals surface area contributed by atoms with Gasteiger partial charge in [-0.15, -0.1) is 0 Å². The molecular weight excluding hydrogens is 322 g/mol. The minimum absolute atomic E-state index is 0.479. The van der Waals surface area contributed by atoms with Crippen molar-refractivity contribution in [3.05, 3.63) is 47.1 Å². The van der Waals surface area contributed by atoms with Gasteiger partial charge in [0.1, 0.15) is 16.8 Å². The summed E-state index contributed by atoms with van der Waals surface area (Å²) in [5, 5.41) is 4.20. The molecule has 1 aliphatic carbocycles. The van der Waals surface area contributed by atoms with Gasteiger partial charge in [-0.1, -0.05) is 17.7 Å². The van der Waals surface area contributed by atoms with Gasteiger partial charge in [-0.25, -0.2) is 15.0 Å². The Kier molecular flexibility index (Phi) is 4.63. The number of aromatic nitrogens is 3. The van der Waals surface area contributed by atoms with Gasteiger partial charge in [0.05, 0.1) is 0 Å². The van der Waals surface area contributed by atoms with Crippen molar-refractivity contribution >= 4 is 17.4 Å². The minimum atomic E-state index is 0.479. The van der Waals surface area contributed by atoms with E-state index in [1.165, 1.54) is 12.8 Å². The van der Waals surface area contributed by atoms with Gasteiger partial charge < -0.3 is 5.32 Å². The summed E-state index contributed by atoms with van der Waals surface area (Å²) >= 11 is 6.16. The molecule has 6 heteroatoms. The average Bonchev–Trinajstić information content (AvgIpc) is 3.44. The summed E-state index contributed by atoms with van der Waals surface area (Å²) in [6.45, 7) is 2.99. The highest BCUT2D eigenvalue weighted by Gasteiger charge is 2.27. The number of nitrogens with zero attached hydrogens (tertiary/aromatic N) is 4. The number of likely N-dealkylation sites (tertiary alicyclic amines) is 1. The second-order valence-corrected chi connectivity index (χ2v) is 7.08. The molecular formula is C18H22ClN5. The Bertz CT molecular complexity index is 695. The van der Waals surface area contributed by atoms with Crippen molar-refractivity contribution in [2.75, 3.05) is 18.4 Å². The number of hydrogen-bond donors (Lipinski definition) is 1. The third kappa shape index (κ3) is 3.84. The number of anilines is 1. The van der Waals surface area contributed by atoms with Crippen LogP contribution in [0.2, 0.25) is 5.15 Å². The van der Waals surface area contributed by atoms with Crippen LogP contribution in [0.5, 0.6) is 0 Å². The van der Waals surface area contributed by atoms with Crippen molar-refractivity contribution in [2.45, 2.75) is 44.2 Å². The monoisotopic (exact) mass is 343 g/mol. The van der Waals surface area contributed by atoms with Crippen molar-refractivity contribution in [3.8, 4) is 0 Å². The maximum absolute atomic E-state index is 6.16. The Morgan fingerprint density at radius 2 is 1.92 bits per heavy atom. The maximum atomic E-state index is 6.16. The zero-order valence-electron chi connectivity index (χ0n) is 13.7. The van der Waals surface area contributed by atoms with Crippen LogP contribution in [0.4, 0.5) is 5.82 Å². The van der Waals surface area contributed by atoms with Crippen LogP contribution in [0.3, 0.4) is 0 Å². The molecule has 0 bridgehead atoms. The number of rotatable bonds is 5. The fraction of sp³-hybridized carbons (Fsp3) is 0.500. The summed E-state index contributed by atoms with van der Waals surface area (Å²) in [6.07, 6.45) is 8.31. The van der Waals surface area contributed by atoms with Crippen LogP contribution < -0.4 is 5.32 Å². The van der Waals surface area contributed by atoms with Gasteiger partial charge in [0.15, 0.2) is 0 Å². The van der Waals surface area contributed by atoms with Gasteiger partial charge >= 0.3 is 0 Å². The van der Waals surface area contributed by atoms with Crippen molar-refractivity contribution < 1.29 is 0 Å². The molecule has 2 aromatic rings. The number of pyridine rings is 1. The molecule has 126 valence electrons. The van der Waals surface area contributed by atoms with E-state index in [4.69, 9.17) is 11.6 Å². The molecule has 1 saturated heterocycles. The van der Waals surface area contributed by atoms with Crippen LogP contribution in [-0.4, -0.2) is 39.0 Å². The van der Waals surface area contributed by atoms with Gasteiger partial charge in [-0.2, -0.15) is 0 Å². The lowest BCUT2D eigenvalue weighted by molar-refractivity contribution is 0.211. The largest absolute Gasteiger partial charge is 0.367 e. The smallest absolute Gasteiger partial charge is 0.133 e. The Balaban J connectivity index is 1.30. The topological polar surface area (TPSA) is 53.9 Å². The first-order chi connectivity index (χ1) is 11.8. The first-order valence-corrected chi connectivity index (χ1v) is 9.07. The van der Waals surface area contributed by atoms with Gasteiger partial charge in [0.2, 0.25) is 0 Å². The number of piperidine rings is 1. The Labute approximate surface area is 147 Å². The summed E-state index contributed by atoms with van der Waals surface area (Å²) < 4.78 is 0. The molecule has 4 rings (SSSR count). The SMILES string of the molecule is Clc1ncccc1CN1CCC(Nc2ccnc(C3CC3)n2)CC1. The highest BCUT2D eigenvalue weighted by molar-refractivity contribution is 6.30. The molecule has 1 saturated carbocycles. The van der Waals surface area contributed by atoms with Crippen LogP contribution in [0, 0.1) is 0 Å². The van der Waals surface area contributed by atoms with E-state index in [0.717, 1.165) is 49.7 Å².